The molecule has 0 spiro atoms. The predicted molar refractivity (Wildman–Crippen MR) is 56.1 cm³/mol. The SMILES string of the molecule is CCCCCN1CCCC1C(=O)OC. The second-order valence-corrected chi connectivity index (χ2v) is 3.92. The van der Waals surface area contributed by atoms with E-state index in [0.717, 1.165) is 25.9 Å². The van der Waals surface area contributed by atoms with Crippen LogP contribution in [0.15, 0.2) is 0 Å². The van der Waals surface area contributed by atoms with Crippen LogP contribution in [-0.4, -0.2) is 37.1 Å². The van der Waals surface area contributed by atoms with Crippen LogP contribution in [0.2, 0.25) is 0 Å². The maximum Gasteiger partial charge on any atom is 0.323 e. The lowest BCUT2D eigenvalue weighted by atomic mass is 10.2. The molecule has 0 radical (unpaired) electrons. The second kappa shape index (κ2) is 6.02. The molecule has 1 aliphatic heterocycles. The van der Waals surface area contributed by atoms with Gasteiger partial charge in [0.05, 0.1) is 7.11 Å². The molecule has 1 aliphatic rings. The Hall–Kier alpha value is -0.570. The summed E-state index contributed by atoms with van der Waals surface area (Å²) in [6, 6.07) is 0.0388. The van der Waals surface area contributed by atoms with Gasteiger partial charge in [0.25, 0.3) is 0 Å². The lowest BCUT2D eigenvalue weighted by Crippen LogP contribution is -2.37. The number of carbonyl (C=O) groups is 1. The van der Waals surface area contributed by atoms with Crippen LogP contribution in [0.25, 0.3) is 0 Å². The normalized spacial score (nSPS) is 22.6. The van der Waals surface area contributed by atoms with Crippen LogP contribution in [0.1, 0.15) is 39.0 Å². The summed E-state index contributed by atoms with van der Waals surface area (Å²) < 4.78 is 4.79. The highest BCUT2D eigenvalue weighted by molar-refractivity contribution is 5.75. The maximum atomic E-state index is 11.4. The third-order valence-electron chi connectivity index (χ3n) is 2.89. The molecule has 0 aromatic rings. The zero-order valence-electron chi connectivity index (χ0n) is 9.29. The van der Waals surface area contributed by atoms with Gasteiger partial charge in [-0.05, 0) is 32.4 Å². The van der Waals surface area contributed by atoms with Gasteiger partial charge in [0.15, 0.2) is 0 Å². The molecule has 1 fully saturated rings. The van der Waals surface area contributed by atoms with Gasteiger partial charge in [0.1, 0.15) is 6.04 Å². The molecule has 0 N–H and O–H groups in total. The number of methoxy groups -OCH3 is 1. The number of hydrogen-bond donors (Lipinski definition) is 0. The minimum absolute atomic E-state index is 0.0388. The molecule has 3 heteroatoms. The molecule has 1 atom stereocenters. The van der Waals surface area contributed by atoms with Gasteiger partial charge in [-0.15, -0.1) is 0 Å². The Morgan fingerprint density at radius 1 is 1.50 bits per heavy atom. The molecule has 82 valence electrons. The topological polar surface area (TPSA) is 29.5 Å². The maximum absolute atomic E-state index is 11.4. The van der Waals surface area contributed by atoms with Gasteiger partial charge in [-0.2, -0.15) is 0 Å². The zero-order valence-corrected chi connectivity index (χ0v) is 9.29. The van der Waals surface area contributed by atoms with Gasteiger partial charge < -0.3 is 4.74 Å². The average molecular weight is 199 g/mol. The van der Waals surface area contributed by atoms with Crippen LogP contribution in [0, 0.1) is 0 Å². The van der Waals surface area contributed by atoms with Crippen LogP contribution < -0.4 is 0 Å². The van der Waals surface area contributed by atoms with Crippen LogP contribution in [-0.2, 0) is 9.53 Å². The van der Waals surface area contributed by atoms with E-state index in [-0.39, 0.29) is 12.0 Å². The molecular weight excluding hydrogens is 178 g/mol. The summed E-state index contributed by atoms with van der Waals surface area (Å²) in [5, 5.41) is 0. The third-order valence-corrected chi connectivity index (χ3v) is 2.89. The van der Waals surface area contributed by atoms with Crippen molar-refractivity contribution >= 4 is 5.97 Å². The molecule has 0 aliphatic carbocycles. The highest BCUT2D eigenvalue weighted by atomic mass is 16.5. The van der Waals surface area contributed by atoms with E-state index in [0.29, 0.717) is 0 Å². The third kappa shape index (κ3) is 2.98. The van der Waals surface area contributed by atoms with E-state index < -0.39 is 0 Å². The number of unbranched alkanes of at least 4 members (excludes halogenated alkanes) is 2. The predicted octanol–water partition coefficient (Wildman–Crippen LogP) is 1.81. The molecule has 0 saturated carbocycles. The molecule has 0 aromatic carbocycles. The van der Waals surface area contributed by atoms with E-state index in [2.05, 4.69) is 11.8 Å². The Labute approximate surface area is 86.4 Å². The summed E-state index contributed by atoms with van der Waals surface area (Å²) in [6.45, 7) is 4.30. The summed E-state index contributed by atoms with van der Waals surface area (Å²) in [4.78, 5) is 13.7. The first kappa shape index (κ1) is 11.5. The summed E-state index contributed by atoms with van der Waals surface area (Å²) in [5.74, 6) is -0.0565. The first-order valence-electron chi connectivity index (χ1n) is 5.61. The molecule has 1 rings (SSSR count). The van der Waals surface area contributed by atoms with Crippen molar-refractivity contribution in [2.24, 2.45) is 0 Å². The fourth-order valence-electron chi connectivity index (χ4n) is 2.06. The molecule has 3 nitrogen and oxygen atoms in total. The lowest BCUT2D eigenvalue weighted by molar-refractivity contribution is -0.145. The molecular formula is C11H21NO2. The van der Waals surface area contributed by atoms with Crippen molar-refractivity contribution in [3.05, 3.63) is 0 Å². The number of carbonyl (C=O) groups excluding carboxylic acids is 1. The molecule has 0 amide bonds. The molecule has 1 saturated heterocycles. The summed E-state index contributed by atoms with van der Waals surface area (Å²) in [5.41, 5.74) is 0. The highest BCUT2D eigenvalue weighted by Gasteiger charge is 2.30. The van der Waals surface area contributed by atoms with Gasteiger partial charge in [0.2, 0.25) is 0 Å². The lowest BCUT2D eigenvalue weighted by Gasteiger charge is -2.21. The molecule has 14 heavy (non-hydrogen) atoms. The summed E-state index contributed by atoms with van der Waals surface area (Å²) >= 11 is 0. The Morgan fingerprint density at radius 2 is 2.29 bits per heavy atom. The number of hydrogen-bond acceptors (Lipinski definition) is 3. The Balaban J connectivity index is 2.31. The van der Waals surface area contributed by atoms with Crippen LogP contribution >= 0.6 is 0 Å². The zero-order chi connectivity index (χ0) is 10.4. The number of esters is 1. The van der Waals surface area contributed by atoms with E-state index >= 15 is 0 Å². The highest BCUT2D eigenvalue weighted by Crippen LogP contribution is 2.18. The smallest absolute Gasteiger partial charge is 0.323 e. The van der Waals surface area contributed by atoms with Crippen molar-refractivity contribution in [2.75, 3.05) is 20.2 Å². The number of ether oxygens (including phenoxy) is 1. The summed E-state index contributed by atoms with van der Waals surface area (Å²) in [6.07, 6.45) is 5.79. The Kier molecular flexibility index (Phi) is 4.94. The van der Waals surface area contributed by atoms with Crippen LogP contribution in [0.3, 0.4) is 0 Å². The summed E-state index contributed by atoms with van der Waals surface area (Å²) in [7, 11) is 1.48. The Morgan fingerprint density at radius 3 is 2.93 bits per heavy atom. The van der Waals surface area contributed by atoms with Gasteiger partial charge in [-0.1, -0.05) is 19.8 Å². The largest absolute Gasteiger partial charge is 0.468 e. The molecule has 1 heterocycles. The van der Waals surface area contributed by atoms with E-state index in [4.69, 9.17) is 4.74 Å². The second-order valence-electron chi connectivity index (χ2n) is 3.92. The minimum Gasteiger partial charge on any atom is -0.468 e. The first-order valence-corrected chi connectivity index (χ1v) is 5.61. The van der Waals surface area contributed by atoms with Crippen molar-refractivity contribution in [2.45, 2.75) is 45.1 Å². The minimum atomic E-state index is -0.0565. The number of rotatable bonds is 5. The van der Waals surface area contributed by atoms with E-state index in [9.17, 15) is 4.79 Å². The average Bonchev–Trinajstić information content (AvgIpc) is 2.65. The van der Waals surface area contributed by atoms with Crippen molar-refractivity contribution in [1.29, 1.82) is 0 Å². The van der Waals surface area contributed by atoms with Gasteiger partial charge in [-0.3, -0.25) is 9.69 Å². The number of nitrogens with zero attached hydrogens (tertiary/aromatic N) is 1. The van der Waals surface area contributed by atoms with Gasteiger partial charge in [0, 0.05) is 0 Å². The van der Waals surface area contributed by atoms with Crippen molar-refractivity contribution in [1.82, 2.24) is 4.90 Å². The van der Waals surface area contributed by atoms with Crippen LogP contribution in [0.5, 0.6) is 0 Å². The number of likely N-dealkylation sites (tertiary alicyclic amines) is 1. The fourth-order valence-corrected chi connectivity index (χ4v) is 2.06. The van der Waals surface area contributed by atoms with Crippen LogP contribution in [0.4, 0.5) is 0 Å². The van der Waals surface area contributed by atoms with E-state index in [1.165, 1.54) is 26.4 Å². The van der Waals surface area contributed by atoms with E-state index in [1.54, 1.807) is 0 Å². The Bertz CT molecular complexity index is 182. The van der Waals surface area contributed by atoms with Gasteiger partial charge >= 0.3 is 5.97 Å². The van der Waals surface area contributed by atoms with Crippen molar-refractivity contribution < 1.29 is 9.53 Å². The molecule has 0 bridgehead atoms. The first-order chi connectivity index (χ1) is 6.79. The van der Waals surface area contributed by atoms with Crippen molar-refractivity contribution in [3.63, 3.8) is 0 Å². The fraction of sp³-hybridized carbons (Fsp3) is 0.909. The van der Waals surface area contributed by atoms with Gasteiger partial charge in [-0.25, -0.2) is 0 Å². The molecule has 0 aromatic heterocycles. The molecule has 1 unspecified atom stereocenters. The van der Waals surface area contributed by atoms with E-state index in [1.807, 2.05) is 0 Å². The standard InChI is InChI=1S/C11H21NO2/c1-3-4-5-8-12-9-6-7-10(12)11(13)14-2/h10H,3-9H2,1-2H3. The quantitative estimate of drug-likeness (QED) is 0.499. The van der Waals surface area contributed by atoms with Crippen molar-refractivity contribution in [3.8, 4) is 0 Å². The monoisotopic (exact) mass is 199 g/mol.